The molecule has 0 aliphatic rings. The monoisotopic (exact) mass is 290 g/mol. The number of alkyl halides is 3. The Morgan fingerprint density at radius 1 is 1.37 bits per heavy atom. The standard InChI is InChI=1S/C13H17F3N2S/c1-3-18(8-13(14,15)16)7-11-5-4-10(12(17)19)6-9(11)2/h4-6H,3,7-8H2,1-2H3,(H2,17,19). The van der Waals surface area contributed by atoms with Crippen molar-refractivity contribution in [3.8, 4) is 0 Å². The number of hydrogen-bond donors (Lipinski definition) is 1. The average molecular weight is 290 g/mol. The van der Waals surface area contributed by atoms with Gasteiger partial charge < -0.3 is 5.73 Å². The molecule has 0 saturated carbocycles. The predicted octanol–water partition coefficient (Wildman–Crippen LogP) is 3.01. The molecular weight excluding hydrogens is 273 g/mol. The van der Waals surface area contributed by atoms with Crippen LogP contribution in [0.2, 0.25) is 0 Å². The molecule has 0 atom stereocenters. The van der Waals surface area contributed by atoms with Crippen LogP contribution in [0.15, 0.2) is 18.2 Å². The molecule has 0 bridgehead atoms. The first-order chi connectivity index (χ1) is 8.73. The molecule has 0 aliphatic carbocycles. The van der Waals surface area contributed by atoms with Gasteiger partial charge in [0, 0.05) is 12.1 Å². The molecule has 0 fully saturated rings. The van der Waals surface area contributed by atoms with E-state index in [9.17, 15) is 13.2 Å². The Hall–Kier alpha value is -1.14. The van der Waals surface area contributed by atoms with Crippen LogP contribution in [-0.4, -0.2) is 29.2 Å². The normalized spacial score (nSPS) is 11.9. The van der Waals surface area contributed by atoms with Gasteiger partial charge >= 0.3 is 6.18 Å². The quantitative estimate of drug-likeness (QED) is 0.845. The molecule has 0 radical (unpaired) electrons. The van der Waals surface area contributed by atoms with Gasteiger partial charge in [-0.1, -0.05) is 31.3 Å². The highest BCUT2D eigenvalue weighted by molar-refractivity contribution is 7.80. The second-order valence-electron chi connectivity index (χ2n) is 4.42. The summed E-state index contributed by atoms with van der Waals surface area (Å²) in [6.45, 7) is 3.26. The molecule has 0 heterocycles. The third-order valence-electron chi connectivity index (χ3n) is 2.87. The second kappa shape index (κ2) is 6.34. The summed E-state index contributed by atoms with van der Waals surface area (Å²) >= 11 is 4.87. The minimum Gasteiger partial charge on any atom is -0.389 e. The lowest BCUT2D eigenvalue weighted by Crippen LogP contribution is -2.33. The number of hydrogen-bond acceptors (Lipinski definition) is 2. The molecule has 19 heavy (non-hydrogen) atoms. The highest BCUT2D eigenvalue weighted by atomic mass is 32.1. The Labute approximate surface area is 116 Å². The van der Waals surface area contributed by atoms with Gasteiger partial charge in [-0.3, -0.25) is 4.90 Å². The highest BCUT2D eigenvalue weighted by Gasteiger charge is 2.30. The molecule has 1 rings (SSSR count). The molecular formula is C13H17F3N2S. The van der Waals surface area contributed by atoms with Gasteiger partial charge in [0.15, 0.2) is 0 Å². The van der Waals surface area contributed by atoms with Crippen molar-refractivity contribution in [3.63, 3.8) is 0 Å². The molecule has 0 aromatic heterocycles. The van der Waals surface area contributed by atoms with Crippen LogP contribution in [0.1, 0.15) is 23.6 Å². The summed E-state index contributed by atoms with van der Waals surface area (Å²) in [5, 5.41) is 0. The van der Waals surface area contributed by atoms with Gasteiger partial charge in [0.1, 0.15) is 4.99 Å². The van der Waals surface area contributed by atoms with Gasteiger partial charge in [0.05, 0.1) is 6.54 Å². The lowest BCUT2D eigenvalue weighted by Gasteiger charge is -2.23. The first kappa shape index (κ1) is 15.9. The number of nitrogens with zero attached hydrogens (tertiary/aromatic N) is 1. The molecule has 0 amide bonds. The molecule has 1 aromatic rings. The summed E-state index contributed by atoms with van der Waals surface area (Å²) in [5.41, 5.74) is 7.99. The Morgan fingerprint density at radius 2 is 2.00 bits per heavy atom. The number of nitrogens with two attached hydrogens (primary N) is 1. The Kier molecular flexibility index (Phi) is 5.31. The molecule has 0 aliphatic heterocycles. The van der Waals surface area contributed by atoms with Crippen molar-refractivity contribution in [3.05, 3.63) is 34.9 Å². The zero-order valence-electron chi connectivity index (χ0n) is 10.9. The van der Waals surface area contributed by atoms with E-state index < -0.39 is 12.7 Å². The average Bonchev–Trinajstić information content (AvgIpc) is 2.28. The van der Waals surface area contributed by atoms with Gasteiger partial charge in [0.25, 0.3) is 0 Å². The summed E-state index contributed by atoms with van der Waals surface area (Å²) in [7, 11) is 0. The second-order valence-corrected chi connectivity index (χ2v) is 4.86. The lowest BCUT2D eigenvalue weighted by atomic mass is 10.0. The number of rotatable bonds is 5. The number of halogens is 3. The van der Waals surface area contributed by atoms with Gasteiger partial charge in [0.2, 0.25) is 0 Å². The number of benzene rings is 1. The molecule has 0 spiro atoms. The molecule has 0 unspecified atom stereocenters. The van der Waals surface area contributed by atoms with E-state index >= 15 is 0 Å². The summed E-state index contributed by atoms with van der Waals surface area (Å²) in [6.07, 6.45) is -4.18. The van der Waals surface area contributed by atoms with Crippen LogP contribution in [0.3, 0.4) is 0 Å². The van der Waals surface area contributed by atoms with Crippen molar-refractivity contribution in [1.29, 1.82) is 0 Å². The summed E-state index contributed by atoms with van der Waals surface area (Å²) in [4.78, 5) is 1.64. The Morgan fingerprint density at radius 3 is 2.42 bits per heavy atom. The molecule has 2 nitrogen and oxygen atoms in total. The topological polar surface area (TPSA) is 29.3 Å². The summed E-state index contributed by atoms with van der Waals surface area (Å²) in [6, 6.07) is 5.33. The smallest absolute Gasteiger partial charge is 0.389 e. The fraction of sp³-hybridized carbons (Fsp3) is 0.462. The summed E-state index contributed by atoms with van der Waals surface area (Å²) < 4.78 is 37.2. The van der Waals surface area contributed by atoms with E-state index in [4.69, 9.17) is 18.0 Å². The molecule has 6 heteroatoms. The lowest BCUT2D eigenvalue weighted by molar-refractivity contribution is -0.146. The van der Waals surface area contributed by atoms with Crippen molar-refractivity contribution in [2.75, 3.05) is 13.1 Å². The van der Waals surface area contributed by atoms with Crippen LogP contribution < -0.4 is 5.73 Å². The maximum Gasteiger partial charge on any atom is 0.401 e. The molecule has 2 N–H and O–H groups in total. The SMILES string of the molecule is CCN(Cc1ccc(C(N)=S)cc1C)CC(F)(F)F. The minimum atomic E-state index is -4.18. The minimum absolute atomic E-state index is 0.263. The van der Waals surface area contributed by atoms with E-state index in [2.05, 4.69) is 0 Å². The van der Waals surface area contributed by atoms with Gasteiger partial charge in [-0.2, -0.15) is 13.2 Å². The van der Waals surface area contributed by atoms with Crippen LogP contribution in [0.25, 0.3) is 0 Å². The predicted molar refractivity (Wildman–Crippen MR) is 74.1 cm³/mol. The molecule has 1 aromatic carbocycles. The maximum atomic E-state index is 12.4. The zero-order chi connectivity index (χ0) is 14.6. The van der Waals surface area contributed by atoms with E-state index in [1.165, 1.54) is 4.90 Å². The maximum absolute atomic E-state index is 12.4. The van der Waals surface area contributed by atoms with Crippen molar-refractivity contribution >= 4 is 17.2 Å². The first-order valence-electron chi connectivity index (χ1n) is 5.91. The van der Waals surface area contributed by atoms with Crippen molar-refractivity contribution in [2.45, 2.75) is 26.6 Å². The first-order valence-corrected chi connectivity index (χ1v) is 6.32. The number of thiocarbonyl (C=S) groups is 1. The van der Waals surface area contributed by atoms with E-state index in [0.717, 1.165) is 16.7 Å². The van der Waals surface area contributed by atoms with Gasteiger partial charge in [-0.15, -0.1) is 0 Å². The third-order valence-corrected chi connectivity index (χ3v) is 3.11. The Bertz CT molecular complexity index is 458. The van der Waals surface area contributed by atoms with Crippen LogP contribution in [0.4, 0.5) is 13.2 Å². The van der Waals surface area contributed by atoms with Crippen LogP contribution in [-0.2, 0) is 6.54 Å². The van der Waals surface area contributed by atoms with E-state index in [-0.39, 0.29) is 11.5 Å². The Balaban J connectivity index is 2.83. The molecule has 106 valence electrons. The van der Waals surface area contributed by atoms with Crippen LogP contribution in [0, 0.1) is 6.92 Å². The zero-order valence-corrected chi connectivity index (χ0v) is 11.7. The van der Waals surface area contributed by atoms with Crippen LogP contribution >= 0.6 is 12.2 Å². The van der Waals surface area contributed by atoms with Crippen molar-refractivity contribution in [1.82, 2.24) is 4.90 Å². The van der Waals surface area contributed by atoms with Crippen LogP contribution in [0.5, 0.6) is 0 Å². The molecule has 0 saturated heterocycles. The fourth-order valence-corrected chi connectivity index (χ4v) is 1.93. The van der Waals surface area contributed by atoms with Gasteiger partial charge in [-0.05, 0) is 30.7 Å². The number of aryl methyl sites for hydroxylation is 1. The van der Waals surface area contributed by atoms with E-state index in [0.29, 0.717) is 6.54 Å². The highest BCUT2D eigenvalue weighted by Crippen LogP contribution is 2.19. The van der Waals surface area contributed by atoms with Crippen molar-refractivity contribution in [2.24, 2.45) is 5.73 Å². The fourth-order valence-electron chi connectivity index (χ4n) is 1.80. The van der Waals surface area contributed by atoms with Crippen molar-refractivity contribution < 1.29 is 13.2 Å². The summed E-state index contributed by atoms with van der Waals surface area (Å²) in [5.74, 6) is 0. The van der Waals surface area contributed by atoms with Gasteiger partial charge in [-0.25, -0.2) is 0 Å². The third kappa shape index (κ3) is 5.16. The van der Waals surface area contributed by atoms with E-state index in [1.54, 1.807) is 25.1 Å². The largest absolute Gasteiger partial charge is 0.401 e. The van der Waals surface area contributed by atoms with E-state index in [1.807, 2.05) is 6.92 Å².